The van der Waals surface area contributed by atoms with Crippen LogP contribution in [0, 0.1) is 11.3 Å². The number of amidine groups is 1. The van der Waals surface area contributed by atoms with Gasteiger partial charge < -0.3 is 4.48 Å². The third kappa shape index (κ3) is 12.2. The number of alkyl halides is 6. The highest BCUT2D eigenvalue weighted by Gasteiger charge is 2.30. The summed E-state index contributed by atoms with van der Waals surface area (Å²) in [6.07, 6.45) is -3.63. The van der Waals surface area contributed by atoms with E-state index in [2.05, 4.69) is 48.5 Å². The van der Waals surface area contributed by atoms with E-state index in [1.54, 1.807) is 6.07 Å². The molecule has 1 N–H and O–H groups in total. The second-order valence-electron chi connectivity index (χ2n) is 9.21. The van der Waals surface area contributed by atoms with E-state index in [1.165, 1.54) is 56.3 Å². The summed E-state index contributed by atoms with van der Waals surface area (Å²) in [4.78, 5) is 0. The zero-order chi connectivity index (χ0) is 30.2. The molecule has 0 heterocycles. The lowest BCUT2D eigenvalue weighted by Crippen LogP contribution is -2.50. The summed E-state index contributed by atoms with van der Waals surface area (Å²) in [6, 6.07) is 9.17. The molecule has 0 fully saturated rings. The van der Waals surface area contributed by atoms with Crippen molar-refractivity contribution in [3.8, 4) is 6.07 Å². The Morgan fingerprint density at radius 2 is 1.12 bits per heavy atom. The number of hydrazone groups is 1. The first kappa shape index (κ1) is 34.6. The van der Waals surface area contributed by atoms with Crippen molar-refractivity contribution in [2.24, 2.45) is 15.3 Å². The molecule has 6 nitrogen and oxygen atoms in total. The maximum Gasteiger partial charge on any atom is 0.416 e. The fourth-order valence-corrected chi connectivity index (χ4v) is 4.31. The molecule has 0 atom stereocenters. The van der Waals surface area contributed by atoms with Crippen LogP contribution in [0.1, 0.15) is 64.5 Å². The fraction of sp³-hybridized carbons (Fsp3) is 0.500. The summed E-state index contributed by atoms with van der Waals surface area (Å²) >= 11 is 0. The monoisotopic (exact) mass is 571 g/mol. The van der Waals surface area contributed by atoms with Crippen molar-refractivity contribution in [3.05, 3.63) is 59.7 Å². The number of nitriles is 1. The van der Waals surface area contributed by atoms with Crippen LogP contribution in [-0.4, -0.2) is 36.5 Å². The highest BCUT2D eigenvalue weighted by Crippen LogP contribution is 2.31. The van der Waals surface area contributed by atoms with E-state index in [1.807, 2.05) is 0 Å². The van der Waals surface area contributed by atoms with Crippen molar-refractivity contribution < 1.29 is 30.8 Å². The molecule has 0 bridgehead atoms. The lowest BCUT2D eigenvalue weighted by atomic mass is 10.2. The van der Waals surface area contributed by atoms with E-state index >= 15 is 0 Å². The molecule has 0 amide bonds. The Balaban J connectivity index is 0.000000520. The van der Waals surface area contributed by atoms with Crippen molar-refractivity contribution in [1.29, 1.82) is 5.26 Å². The van der Waals surface area contributed by atoms with Gasteiger partial charge in [-0.1, -0.05) is 27.7 Å². The van der Waals surface area contributed by atoms with Gasteiger partial charge in [0, 0.05) is 0 Å². The summed E-state index contributed by atoms with van der Waals surface area (Å²) in [5.41, 5.74) is 0.849. The number of quaternary nitrogens is 1. The number of hydrogen-bond acceptors (Lipinski definition) is 4. The van der Waals surface area contributed by atoms with E-state index in [4.69, 9.17) is 5.26 Å². The van der Waals surface area contributed by atoms with Gasteiger partial charge in [-0.2, -0.15) is 31.6 Å². The van der Waals surface area contributed by atoms with E-state index in [9.17, 15) is 26.3 Å². The molecule has 0 spiro atoms. The first-order chi connectivity index (χ1) is 18.8. The number of nitrogens with zero attached hydrogens (tertiary/aromatic N) is 5. The van der Waals surface area contributed by atoms with Crippen LogP contribution in [0.2, 0.25) is 0 Å². The number of halogens is 6. The van der Waals surface area contributed by atoms with Crippen molar-refractivity contribution in [1.82, 2.24) is 0 Å². The van der Waals surface area contributed by atoms with Crippen LogP contribution in [0.25, 0.3) is 0 Å². The Bertz CT molecular complexity index is 1070. The summed E-state index contributed by atoms with van der Waals surface area (Å²) < 4.78 is 76.1. The van der Waals surface area contributed by atoms with Gasteiger partial charge in [-0.25, -0.2) is 0 Å². The van der Waals surface area contributed by atoms with Crippen molar-refractivity contribution in [3.63, 3.8) is 0 Å². The van der Waals surface area contributed by atoms with Crippen molar-refractivity contribution in [2.75, 3.05) is 31.6 Å². The smallest absolute Gasteiger partial charge is 0.324 e. The number of hydrogen-bond donors (Lipinski definition) is 1. The largest absolute Gasteiger partial charge is 0.416 e. The van der Waals surface area contributed by atoms with Crippen LogP contribution in [0.3, 0.4) is 0 Å². The number of azo groups is 1. The molecule has 0 radical (unpaired) electrons. The van der Waals surface area contributed by atoms with Crippen LogP contribution in [-0.2, 0) is 12.4 Å². The lowest BCUT2D eigenvalue weighted by molar-refractivity contribution is -0.928. The van der Waals surface area contributed by atoms with Gasteiger partial charge in [0.2, 0.25) is 0 Å². The van der Waals surface area contributed by atoms with Gasteiger partial charge in [0.1, 0.15) is 6.07 Å². The maximum absolute atomic E-state index is 12.5. The Hall–Kier alpha value is -3.46. The van der Waals surface area contributed by atoms with E-state index in [0.717, 1.165) is 48.5 Å². The molecule has 2 rings (SSSR count). The van der Waals surface area contributed by atoms with Gasteiger partial charge in [-0.3, -0.25) is 5.43 Å². The predicted molar refractivity (Wildman–Crippen MR) is 145 cm³/mol. The van der Waals surface area contributed by atoms with Crippen LogP contribution in [0.15, 0.2) is 63.9 Å². The van der Waals surface area contributed by atoms with E-state index < -0.39 is 29.3 Å². The molecule has 2 aromatic carbocycles. The third-order valence-corrected chi connectivity index (χ3v) is 5.85. The molecule has 0 aliphatic carbocycles. The SMILES string of the molecule is CCC[N+](CCC)(CCC)CCC.N#CC(/N=N/c1ccc(C(F)(F)F)cc1)=N\Nc1ccc(C(F)(F)F)cc1. The third-order valence-electron chi connectivity index (χ3n) is 5.85. The average Bonchev–Trinajstić information content (AvgIpc) is 2.89. The minimum Gasteiger partial charge on any atom is -0.324 e. The topological polar surface area (TPSA) is 72.9 Å². The zero-order valence-electron chi connectivity index (χ0n) is 23.3. The number of nitrogens with one attached hydrogen (secondary N) is 1. The summed E-state index contributed by atoms with van der Waals surface area (Å²) in [6.45, 7) is 14.8. The maximum atomic E-state index is 12.5. The highest BCUT2D eigenvalue weighted by molar-refractivity contribution is 5.97. The molecule has 0 aliphatic heterocycles. The van der Waals surface area contributed by atoms with Gasteiger partial charge >= 0.3 is 12.4 Å². The fourth-order valence-electron chi connectivity index (χ4n) is 4.31. The summed E-state index contributed by atoms with van der Waals surface area (Å²) in [5, 5.41) is 19.5. The molecule has 0 aliphatic rings. The van der Waals surface area contributed by atoms with Crippen LogP contribution in [0.4, 0.5) is 37.7 Å². The first-order valence-electron chi connectivity index (χ1n) is 13.2. The average molecular weight is 572 g/mol. The van der Waals surface area contributed by atoms with Gasteiger partial charge in [0.25, 0.3) is 5.84 Å². The Morgan fingerprint density at radius 3 is 1.48 bits per heavy atom. The molecule has 220 valence electrons. The normalized spacial score (nSPS) is 12.6. The van der Waals surface area contributed by atoms with Crippen LogP contribution >= 0.6 is 0 Å². The molecule has 12 heteroatoms. The Labute approximate surface area is 232 Å². The van der Waals surface area contributed by atoms with Crippen LogP contribution < -0.4 is 5.43 Å². The standard InChI is InChI=1S/C16H9F6N5.C12H28N/c17-15(18,19)10-1-5-12(6-2-10)24-26-14(9-23)27-25-13-7-3-11(4-8-13)16(20,21)22;1-5-9-13(10-6-2,11-7-3)12-8-4/h1-8,24H;5-12H2,1-4H3/q;+1/b26-14+,27-25+;. The van der Waals surface area contributed by atoms with Gasteiger partial charge in [-0.15, -0.1) is 15.3 Å². The zero-order valence-corrected chi connectivity index (χ0v) is 23.3. The van der Waals surface area contributed by atoms with E-state index in [-0.39, 0.29) is 11.4 Å². The highest BCUT2D eigenvalue weighted by atomic mass is 19.4. The van der Waals surface area contributed by atoms with E-state index in [0.29, 0.717) is 0 Å². The Morgan fingerprint density at radius 1 is 0.725 bits per heavy atom. The molecular weight excluding hydrogens is 534 g/mol. The number of rotatable bonds is 11. The number of benzene rings is 2. The summed E-state index contributed by atoms with van der Waals surface area (Å²) in [7, 11) is 0. The first-order valence-corrected chi connectivity index (χ1v) is 13.2. The molecule has 40 heavy (non-hydrogen) atoms. The molecule has 0 unspecified atom stereocenters. The van der Waals surface area contributed by atoms with Gasteiger partial charge in [0.15, 0.2) is 0 Å². The van der Waals surface area contributed by atoms with Gasteiger partial charge in [0.05, 0.1) is 48.7 Å². The molecule has 0 saturated carbocycles. The minimum atomic E-state index is -4.49. The second kappa shape index (κ2) is 16.6. The lowest BCUT2D eigenvalue weighted by Gasteiger charge is -2.38. The molecular formula is C28H37F6N6+. The Kier molecular flexibility index (Phi) is 14.3. The number of anilines is 1. The summed E-state index contributed by atoms with van der Waals surface area (Å²) in [5.74, 6) is -0.477. The van der Waals surface area contributed by atoms with Crippen LogP contribution in [0.5, 0.6) is 0 Å². The van der Waals surface area contributed by atoms with Crippen molar-refractivity contribution >= 4 is 17.2 Å². The molecule has 2 aromatic rings. The van der Waals surface area contributed by atoms with Gasteiger partial charge in [-0.05, 0) is 74.2 Å². The predicted octanol–water partition coefficient (Wildman–Crippen LogP) is 9.20. The molecule has 0 aromatic heterocycles. The molecule has 0 saturated heterocycles. The quantitative estimate of drug-likeness (QED) is 0.0729. The minimum absolute atomic E-state index is 0.0560. The van der Waals surface area contributed by atoms with Crippen molar-refractivity contribution in [2.45, 2.75) is 65.7 Å². The second-order valence-corrected chi connectivity index (χ2v) is 9.21.